The molecule has 6 nitrogen and oxygen atoms in total. The molecule has 2 aromatic carbocycles. The second kappa shape index (κ2) is 10.2. The summed E-state index contributed by atoms with van der Waals surface area (Å²) in [7, 11) is 0. The molecule has 0 saturated carbocycles. The van der Waals surface area contributed by atoms with E-state index in [9.17, 15) is 18.4 Å². The van der Waals surface area contributed by atoms with Gasteiger partial charge in [-0.1, -0.05) is 42.5 Å². The zero-order valence-corrected chi connectivity index (χ0v) is 16.5. The number of carbonyl (C=O) groups is 2. The van der Waals surface area contributed by atoms with Gasteiger partial charge in [-0.3, -0.25) is 9.59 Å². The predicted molar refractivity (Wildman–Crippen MR) is 107 cm³/mol. The zero-order valence-electron chi connectivity index (χ0n) is 16.5. The molecule has 1 fully saturated rings. The van der Waals surface area contributed by atoms with E-state index in [0.29, 0.717) is 6.54 Å². The van der Waals surface area contributed by atoms with Gasteiger partial charge in [0.25, 0.3) is 5.91 Å². The Balaban J connectivity index is 1.72. The Bertz CT molecular complexity index is 846. The van der Waals surface area contributed by atoms with E-state index in [4.69, 9.17) is 5.73 Å². The van der Waals surface area contributed by atoms with Crippen LogP contribution in [0.15, 0.2) is 54.6 Å². The molecular weight excluding hydrogens is 392 g/mol. The summed E-state index contributed by atoms with van der Waals surface area (Å²) in [5.74, 6) is -0.617. The highest BCUT2D eigenvalue weighted by Crippen LogP contribution is 2.24. The summed E-state index contributed by atoms with van der Waals surface area (Å²) < 4.78 is 29.2. The normalized spacial score (nSPS) is 19.8. The van der Waals surface area contributed by atoms with Crippen molar-refractivity contribution in [3.63, 3.8) is 0 Å². The molecule has 160 valence electrons. The van der Waals surface area contributed by atoms with Crippen LogP contribution in [0.3, 0.4) is 0 Å². The number of alkyl halides is 2. The van der Waals surface area contributed by atoms with Gasteiger partial charge in [0, 0.05) is 0 Å². The summed E-state index contributed by atoms with van der Waals surface area (Å²) in [6.07, 6.45) is 1.62. The van der Waals surface area contributed by atoms with Crippen LogP contribution in [0.2, 0.25) is 0 Å². The molecule has 1 aliphatic rings. The fourth-order valence-corrected chi connectivity index (χ4v) is 3.84. The Morgan fingerprint density at radius 1 is 1.10 bits per heavy atom. The highest BCUT2D eigenvalue weighted by atomic mass is 19.3. The van der Waals surface area contributed by atoms with Crippen molar-refractivity contribution in [3.05, 3.63) is 65.7 Å². The first-order valence-corrected chi connectivity index (χ1v) is 9.94. The van der Waals surface area contributed by atoms with Gasteiger partial charge in [0.2, 0.25) is 5.91 Å². The Labute approximate surface area is 174 Å². The molecule has 2 amide bonds. The number of ether oxygens (including phenoxy) is 1. The molecule has 0 spiro atoms. The first kappa shape index (κ1) is 21.7. The molecule has 1 unspecified atom stereocenters. The van der Waals surface area contributed by atoms with Crippen LogP contribution in [0, 0.1) is 5.92 Å². The summed E-state index contributed by atoms with van der Waals surface area (Å²) in [5, 5.41) is 3.04. The summed E-state index contributed by atoms with van der Waals surface area (Å²) >= 11 is 0. The summed E-state index contributed by atoms with van der Waals surface area (Å²) in [4.78, 5) is 25.3. The molecule has 0 radical (unpaired) electrons. The largest absolute Gasteiger partial charge is 0.435 e. The van der Waals surface area contributed by atoms with Crippen LogP contribution < -0.4 is 20.7 Å². The van der Waals surface area contributed by atoms with Gasteiger partial charge in [0.15, 0.2) is 6.54 Å². The second-order valence-electron chi connectivity index (χ2n) is 7.48. The van der Waals surface area contributed by atoms with E-state index >= 15 is 0 Å². The Morgan fingerprint density at radius 2 is 1.77 bits per heavy atom. The van der Waals surface area contributed by atoms with Crippen molar-refractivity contribution in [1.29, 1.82) is 0 Å². The average Bonchev–Trinajstić information content (AvgIpc) is 2.73. The number of amides is 2. The van der Waals surface area contributed by atoms with Crippen LogP contribution in [-0.2, 0) is 9.59 Å². The maximum atomic E-state index is 12.8. The number of likely N-dealkylation sites (tertiary alicyclic amines) is 1. The van der Waals surface area contributed by atoms with Crippen LogP contribution in [-0.4, -0.2) is 38.1 Å². The van der Waals surface area contributed by atoms with Gasteiger partial charge in [-0.05, 0) is 36.1 Å². The second-order valence-corrected chi connectivity index (χ2v) is 7.48. The Morgan fingerprint density at radius 3 is 2.40 bits per heavy atom. The molecular formula is C22H26F2N3O3+. The molecule has 4 N–H and O–H groups in total. The number of quaternary nitrogens is 1. The zero-order chi connectivity index (χ0) is 21.5. The lowest BCUT2D eigenvalue weighted by Crippen LogP contribution is -3.15. The number of halogens is 2. The number of rotatable bonds is 8. The van der Waals surface area contributed by atoms with Gasteiger partial charge >= 0.3 is 6.61 Å². The topological polar surface area (TPSA) is 85.9 Å². The van der Waals surface area contributed by atoms with Gasteiger partial charge in [-0.2, -0.15) is 8.78 Å². The molecule has 30 heavy (non-hydrogen) atoms. The lowest BCUT2D eigenvalue weighted by molar-refractivity contribution is -0.899. The minimum absolute atomic E-state index is 0.0575. The van der Waals surface area contributed by atoms with Crippen molar-refractivity contribution in [2.45, 2.75) is 25.5 Å². The molecule has 1 aliphatic heterocycles. The first-order chi connectivity index (χ1) is 14.4. The van der Waals surface area contributed by atoms with Gasteiger partial charge < -0.3 is 20.7 Å². The van der Waals surface area contributed by atoms with E-state index in [1.165, 1.54) is 12.1 Å². The van der Waals surface area contributed by atoms with Crippen LogP contribution in [0.25, 0.3) is 0 Å². The maximum absolute atomic E-state index is 12.8. The fourth-order valence-electron chi connectivity index (χ4n) is 3.84. The van der Waals surface area contributed by atoms with Crippen LogP contribution in [0.1, 0.15) is 30.0 Å². The highest BCUT2D eigenvalue weighted by Gasteiger charge is 2.29. The molecule has 3 rings (SSSR count). The SMILES string of the molecule is NC(=O)[C@H]1CCC[NH+](CC(=O)N[C@H](c2ccccc2)c2ccc(OC(F)F)cc2)C1. The van der Waals surface area contributed by atoms with Crippen molar-refractivity contribution in [2.75, 3.05) is 19.6 Å². The molecule has 0 aromatic heterocycles. The number of nitrogens with one attached hydrogen (secondary N) is 2. The summed E-state index contributed by atoms with van der Waals surface area (Å²) in [6, 6.07) is 15.2. The third kappa shape index (κ3) is 6.00. The molecule has 0 bridgehead atoms. The minimum Gasteiger partial charge on any atom is -0.435 e. The van der Waals surface area contributed by atoms with Crippen LogP contribution in [0.5, 0.6) is 5.75 Å². The number of carbonyl (C=O) groups excluding carboxylic acids is 2. The minimum atomic E-state index is -2.89. The number of hydrogen-bond donors (Lipinski definition) is 3. The average molecular weight is 418 g/mol. The van der Waals surface area contributed by atoms with Gasteiger partial charge in [-0.25, -0.2) is 0 Å². The summed E-state index contributed by atoms with van der Waals surface area (Å²) in [5.41, 5.74) is 7.05. The fraction of sp³-hybridized carbons (Fsp3) is 0.364. The van der Waals surface area contributed by atoms with E-state index in [0.717, 1.165) is 35.4 Å². The molecule has 1 saturated heterocycles. The number of piperidine rings is 1. The van der Waals surface area contributed by atoms with E-state index in [-0.39, 0.29) is 30.0 Å². The van der Waals surface area contributed by atoms with Crippen molar-refractivity contribution in [2.24, 2.45) is 11.7 Å². The Hall–Kier alpha value is -3.00. The van der Waals surface area contributed by atoms with Crippen molar-refractivity contribution in [1.82, 2.24) is 5.32 Å². The smallest absolute Gasteiger partial charge is 0.387 e. The maximum Gasteiger partial charge on any atom is 0.387 e. The highest BCUT2D eigenvalue weighted by molar-refractivity contribution is 5.78. The molecule has 8 heteroatoms. The quantitative estimate of drug-likeness (QED) is 0.604. The number of benzene rings is 2. The molecule has 3 atom stereocenters. The van der Waals surface area contributed by atoms with E-state index in [1.807, 2.05) is 30.3 Å². The molecule has 1 heterocycles. The van der Waals surface area contributed by atoms with Crippen molar-refractivity contribution >= 4 is 11.8 Å². The molecule has 2 aromatic rings. The standard InChI is InChI=1S/C22H25F2N3O3/c23-22(24)30-18-10-8-16(9-11-18)20(15-5-2-1-3-6-15)26-19(28)14-27-12-4-7-17(13-27)21(25)29/h1-3,5-6,8-11,17,20,22H,4,7,12-14H2,(H2,25,29)(H,26,28)/p+1/t17-,20+/m0/s1. The monoisotopic (exact) mass is 418 g/mol. The van der Waals surface area contributed by atoms with E-state index in [1.54, 1.807) is 12.1 Å². The number of primary amides is 1. The first-order valence-electron chi connectivity index (χ1n) is 9.94. The number of hydrogen-bond acceptors (Lipinski definition) is 3. The lowest BCUT2D eigenvalue weighted by Gasteiger charge is -2.28. The Kier molecular flexibility index (Phi) is 7.35. The summed E-state index contributed by atoms with van der Waals surface area (Å²) in [6.45, 7) is -1.29. The third-order valence-electron chi connectivity index (χ3n) is 5.31. The van der Waals surface area contributed by atoms with Gasteiger partial charge in [0.1, 0.15) is 5.75 Å². The van der Waals surface area contributed by atoms with Gasteiger partial charge in [0.05, 0.1) is 25.0 Å². The molecule has 0 aliphatic carbocycles. The van der Waals surface area contributed by atoms with Crippen LogP contribution >= 0.6 is 0 Å². The van der Waals surface area contributed by atoms with E-state index < -0.39 is 12.7 Å². The van der Waals surface area contributed by atoms with E-state index in [2.05, 4.69) is 10.1 Å². The van der Waals surface area contributed by atoms with Crippen molar-refractivity contribution in [3.8, 4) is 5.75 Å². The predicted octanol–water partition coefficient (Wildman–Crippen LogP) is 1.27. The third-order valence-corrected chi connectivity index (χ3v) is 5.31. The lowest BCUT2D eigenvalue weighted by atomic mass is 9.97. The van der Waals surface area contributed by atoms with Gasteiger partial charge in [-0.15, -0.1) is 0 Å². The van der Waals surface area contributed by atoms with Crippen LogP contribution in [0.4, 0.5) is 8.78 Å². The number of nitrogens with two attached hydrogens (primary N) is 1. The van der Waals surface area contributed by atoms with Crippen molar-refractivity contribution < 1.29 is 28.0 Å².